The van der Waals surface area contributed by atoms with Crippen molar-refractivity contribution in [3.8, 4) is 11.1 Å². The number of aryl methyl sites for hydroxylation is 1. The van der Waals surface area contributed by atoms with Crippen LogP contribution < -0.4 is 4.90 Å². The summed E-state index contributed by atoms with van der Waals surface area (Å²) in [5, 5.41) is 0. The average Bonchev–Trinajstić information content (AvgIpc) is 3.12. The Morgan fingerprint density at radius 3 is 2.23 bits per heavy atom. The predicted molar refractivity (Wildman–Crippen MR) is 116 cm³/mol. The van der Waals surface area contributed by atoms with E-state index >= 15 is 0 Å². The van der Waals surface area contributed by atoms with E-state index in [0.29, 0.717) is 16.9 Å². The summed E-state index contributed by atoms with van der Waals surface area (Å²) in [5.74, 6) is -2.63. The first kappa shape index (κ1) is 22.0. The lowest BCUT2D eigenvalue weighted by atomic mass is 9.98. The molecule has 160 valence electrons. The van der Waals surface area contributed by atoms with Gasteiger partial charge in [0.1, 0.15) is 11.5 Å². The van der Waals surface area contributed by atoms with Gasteiger partial charge in [-0.25, -0.2) is 9.18 Å². The second-order valence-corrected chi connectivity index (χ2v) is 6.82. The van der Waals surface area contributed by atoms with Crippen molar-refractivity contribution in [1.82, 2.24) is 4.98 Å². The third-order valence-corrected chi connectivity index (χ3v) is 4.85. The number of ether oxygens (including phenoxy) is 1. The molecule has 3 aromatic rings. The number of likely N-dealkylation sites (N-methyl/N-ethyl adjacent to an activating group) is 1. The number of hydrogen-bond acceptors (Lipinski definition) is 4. The van der Waals surface area contributed by atoms with Crippen molar-refractivity contribution >= 4 is 23.3 Å². The third-order valence-electron chi connectivity index (χ3n) is 4.85. The number of Topliss-reactive ketones (excluding diaryl/α,β-unsaturated/α-hetero) is 1. The Kier molecular flexibility index (Phi) is 6.65. The van der Waals surface area contributed by atoms with Gasteiger partial charge in [0.25, 0.3) is 5.78 Å². The van der Waals surface area contributed by atoms with E-state index in [2.05, 4.69) is 4.98 Å². The number of hydrogen-bond donors (Lipinski definition) is 1. The van der Waals surface area contributed by atoms with Crippen LogP contribution in [0.1, 0.15) is 40.4 Å². The number of halogens is 1. The molecule has 3 rings (SSSR count). The topological polar surface area (TPSA) is 79.5 Å². The number of anilines is 1. The Morgan fingerprint density at radius 1 is 1.00 bits per heavy atom. The smallest absolute Gasteiger partial charge is 0.340 e. The molecule has 0 radical (unpaired) electrons. The number of H-pyrrole nitrogens is 1. The molecule has 1 amide bonds. The molecule has 7 heteroatoms. The van der Waals surface area contributed by atoms with Gasteiger partial charge in [-0.15, -0.1) is 0 Å². The molecule has 1 heterocycles. The Morgan fingerprint density at radius 2 is 1.65 bits per heavy atom. The molecule has 1 aromatic heterocycles. The van der Waals surface area contributed by atoms with Crippen LogP contribution in [0.25, 0.3) is 11.1 Å². The Labute approximate surface area is 179 Å². The number of rotatable bonds is 7. The Bertz CT molecular complexity index is 1100. The van der Waals surface area contributed by atoms with Gasteiger partial charge in [0.2, 0.25) is 0 Å². The predicted octanol–water partition coefficient (Wildman–Crippen LogP) is 4.54. The Balaban J connectivity index is 2.12. The first-order chi connectivity index (χ1) is 14.9. The molecule has 0 unspecified atom stereocenters. The lowest BCUT2D eigenvalue weighted by molar-refractivity contribution is -0.114. The molecule has 0 atom stereocenters. The van der Waals surface area contributed by atoms with E-state index in [4.69, 9.17) is 4.74 Å². The highest BCUT2D eigenvalue weighted by Crippen LogP contribution is 2.32. The minimum atomic E-state index is -0.802. The molecule has 0 fully saturated rings. The lowest BCUT2D eigenvalue weighted by Gasteiger charge is -2.20. The fraction of sp³-hybridized carbons (Fsp3) is 0.208. The van der Waals surface area contributed by atoms with E-state index in [1.165, 1.54) is 29.2 Å². The molecule has 1 N–H and O–H groups in total. The number of carbonyl (C=O) groups excluding carboxylic acids is 3. The highest BCUT2D eigenvalue weighted by molar-refractivity contribution is 6.48. The van der Waals surface area contributed by atoms with Gasteiger partial charge in [0.05, 0.1) is 12.2 Å². The number of esters is 1. The number of ketones is 1. The van der Waals surface area contributed by atoms with E-state index in [9.17, 15) is 18.8 Å². The van der Waals surface area contributed by atoms with E-state index < -0.39 is 23.5 Å². The summed E-state index contributed by atoms with van der Waals surface area (Å²) in [5.41, 5.74) is 1.72. The van der Waals surface area contributed by atoms with Crippen LogP contribution in [0, 0.1) is 12.7 Å². The van der Waals surface area contributed by atoms with Crippen LogP contribution in [0.15, 0.2) is 54.6 Å². The summed E-state index contributed by atoms with van der Waals surface area (Å²) in [6.07, 6.45) is 0. The van der Waals surface area contributed by atoms with Crippen molar-refractivity contribution in [1.29, 1.82) is 0 Å². The number of aromatic amines is 1. The maximum absolute atomic E-state index is 13.5. The van der Waals surface area contributed by atoms with Crippen LogP contribution in [-0.2, 0) is 9.53 Å². The zero-order valence-electron chi connectivity index (χ0n) is 17.6. The van der Waals surface area contributed by atoms with Crippen LogP contribution >= 0.6 is 0 Å². The second kappa shape index (κ2) is 9.38. The number of carbonyl (C=O) groups is 3. The largest absolute Gasteiger partial charge is 0.462 e. The van der Waals surface area contributed by atoms with Crippen molar-refractivity contribution in [2.24, 2.45) is 0 Å². The Hall–Kier alpha value is -3.74. The molecule has 0 aliphatic carbocycles. The molecule has 0 saturated heterocycles. The van der Waals surface area contributed by atoms with Crippen LogP contribution in [0.2, 0.25) is 0 Å². The number of nitrogens with zero attached hydrogens (tertiary/aromatic N) is 1. The maximum Gasteiger partial charge on any atom is 0.340 e. The van der Waals surface area contributed by atoms with Gasteiger partial charge in [-0.05, 0) is 50.6 Å². The fourth-order valence-electron chi connectivity index (χ4n) is 3.44. The molecular weight excluding hydrogens is 399 g/mol. The van der Waals surface area contributed by atoms with Crippen molar-refractivity contribution in [2.75, 3.05) is 18.1 Å². The number of para-hydroxylation sites is 1. The number of amides is 1. The van der Waals surface area contributed by atoms with Crippen LogP contribution in [-0.4, -0.2) is 35.8 Å². The molecule has 0 saturated carbocycles. The summed E-state index contributed by atoms with van der Waals surface area (Å²) < 4.78 is 18.6. The van der Waals surface area contributed by atoms with Gasteiger partial charge >= 0.3 is 11.9 Å². The molecule has 0 spiro atoms. The number of benzene rings is 2. The summed E-state index contributed by atoms with van der Waals surface area (Å²) in [6.45, 7) is 5.49. The van der Waals surface area contributed by atoms with Crippen LogP contribution in [0.3, 0.4) is 0 Å². The zero-order chi connectivity index (χ0) is 22.5. The highest BCUT2D eigenvalue weighted by Gasteiger charge is 2.32. The zero-order valence-corrected chi connectivity index (χ0v) is 17.6. The quantitative estimate of drug-likeness (QED) is 0.344. The number of aromatic nitrogens is 1. The van der Waals surface area contributed by atoms with Gasteiger partial charge in [-0.1, -0.05) is 30.3 Å². The molecule has 6 nitrogen and oxygen atoms in total. The monoisotopic (exact) mass is 422 g/mol. The van der Waals surface area contributed by atoms with Gasteiger partial charge < -0.3 is 14.6 Å². The SMILES string of the molecule is CCOC(=O)c1c(C)[nH]c(C(=O)C(=O)N(CC)c2ccccc2)c1-c1ccc(F)cc1. The van der Waals surface area contributed by atoms with Crippen molar-refractivity contribution in [3.63, 3.8) is 0 Å². The van der Waals surface area contributed by atoms with Crippen LogP contribution in [0.4, 0.5) is 10.1 Å². The first-order valence-electron chi connectivity index (χ1n) is 9.95. The summed E-state index contributed by atoms with van der Waals surface area (Å²) >= 11 is 0. The second-order valence-electron chi connectivity index (χ2n) is 6.82. The highest BCUT2D eigenvalue weighted by atomic mass is 19.1. The summed E-state index contributed by atoms with van der Waals surface area (Å²) in [4.78, 5) is 43.3. The average molecular weight is 422 g/mol. The number of nitrogens with one attached hydrogen (secondary N) is 1. The fourth-order valence-corrected chi connectivity index (χ4v) is 3.44. The van der Waals surface area contributed by atoms with Gasteiger partial charge in [-0.2, -0.15) is 0 Å². The van der Waals surface area contributed by atoms with Crippen molar-refractivity contribution in [2.45, 2.75) is 20.8 Å². The standard InChI is InChI=1S/C24H23FN2O4/c1-4-27(18-9-7-6-8-10-18)23(29)22(28)21-20(16-11-13-17(25)14-12-16)19(15(3)26-21)24(30)31-5-2/h6-14,26H,4-5H2,1-3H3. The van der Waals surface area contributed by atoms with Crippen molar-refractivity contribution in [3.05, 3.63) is 77.4 Å². The normalized spacial score (nSPS) is 10.6. The third kappa shape index (κ3) is 4.40. The molecular formula is C24H23FN2O4. The maximum atomic E-state index is 13.5. The molecule has 31 heavy (non-hydrogen) atoms. The van der Waals surface area contributed by atoms with Gasteiger partial charge in [0, 0.05) is 23.5 Å². The molecule has 0 aliphatic heterocycles. The minimum absolute atomic E-state index is 0.0356. The van der Waals surface area contributed by atoms with Gasteiger partial charge in [0.15, 0.2) is 0 Å². The molecule has 0 bridgehead atoms. The van der Waals surface area contributed by atoms with Crippen LogP contribution in [0.5, 0.6) is 0 Å². The van der Waals surface area contributed by atoms with Gasteiger partial charge in [-0.3, -0.25) is 9.59 Å². The van der Waals surface area contributed by atoms with Crippen molar-refractivity contribution < 1.29 is 23.5 Å². The summed E-state index contributed by atoms with van der Waals surface area (Å²) in [6, 6.07) is 14.2. The first-order valence-corrected chi connectivity index (χ1v) is 9.95. The van der Waals surface area contributed by atoms with E-state index in [1.807, 2.05) is 6.07 Å². The van der Waals surface area contributed by atoms with E-state index in [-0.39, 0.29) is 30.0 Å². The van der Waals surface area contributed by atoms with E-state index in [1.54, 1.807) is 45.0 Å². The molecule has 0 aliphatic rings. The molecule has 2 aromatic carbocycles. The minimum Gasteiger partial charge on any atom is -0.462 e. The van der Waals surface area contributed by atoms with E-state index in [0.717, 1.165) is 0 Å². The lowest BCUT2D eigenvalue weighted by Crippen LogP contribution is -2.37. The summed E-state index contributed by atoms with van der Waals surface area (Å²) in [7, 11) is 0.